The molecule has 0 amide bonds. The average molecular weight is 296 g/mol. The first kappa shape index (κ1) is 12.4. The van der Waals surface area contributed by atoms with Crippen LogP contribution in [0.3, 0.4) is 0 Å². The lowest BCUT2D eigenvalue weighted by Gasteiger charge is -2.07. The maximum atomic E-state index is 14.3. The number of para-hydroxylation sites is 1. The van der Waals surface area contributed by atoms with Gasteiger partial charge in [-0.3, -0.25) is 0 Å². The molecule has 1 heterocycles. The molecule has 0 atom stereocenters. The van der Waals surface area contributed by atoms with Gasteiger partial charge >= 0.3 is 0 Å². The largest absolute Gasteiger partial charge is 0.309 e. The molecule has 0 aliphatic heterocycles. The second kappa shape index (κ2) is 4.61. The zero-order chi connectivity index (χ0) is 14.4. The van der Waals surface area contributed by atoms with Crippen LogP contribution in [0, 0.1) is 5.82 Å². The summed E-state index contributed by atoms with van der Waals surface area (Å²) in [5.74, 6) is -0.213. The van der Waals surface area contributed by atoms with Gasteiger partial charge in [-0.1, -0.05) is 41.9 Å². The molecular weight excluding hydrogens is 285 g/mol. The van der Waals surface area contributed by atoms with Crippen molar-refractivity contribution in [2.24, 2.45) is 0 Å². The Hall–Kier alpha value is -2.32. The maximum absolute atomic E-state index is 14.3. The fourth-order valence-electron chi connectivity index (χ4n) is 2.85. The molecule has 21 heavy (non-hydrogen) atoms. The van der Waals surface area contributed by atoms with Crippen LogP contribution >= 0.6 is 11.6 Å². The Bertz CT molecular complexity index is 957. The van der Waals surface area contributed by atoms with E-state index in [0.717, 1.165) is 22.1 Å². The first-order chi connectivity index (χ1) is 10.3. The van der Waals surface area contributed by atoms with Gasteiger partial charge in [0.1, 0.15) is 5.82 Å². The zero-order valence-corrected chi connectivity index (χ0v) is 11.8. The summed E-state index contributed by atoms with van der Waals surface area (Å²) in [7, 11) is 0. The van der Waals surface area contributed by atoms with E-state index in [0.29, 0.717) is 10.4 Å². The van der Waals surface area contributed by atoms with Gasteiger partial charge in [-0.15, -0.1) is 0 Å². The van der Waals surface area contributed by atoms with Crippen LogP contribution in [0.25, 0.3) is 27.5 Å². The van der Waals surface area contributed by atoms with Crippen molar-refractivity contribution < 1.29 is 4.39 Å². The predicted octanol–water partition coefficient (Wildman–Crippen LogP) is 5.58. The van der Waals surface area contributed by atoms with E-state index in [-0.39, 0.29) is 5.82 Å². The molecule has 0 N–H and O–H groups in total. The van der Waals surface area contributed by atoms with Crippen molar-refractivity contribution in [1.29, 1.82) is 0 Å². The predicted molar refractivity (Wildman–Crippen MR) is 85.7 cm³/mol. The molecule has 4 rings (SSSR count). The first-order valence-electron chi connectivity index (χ1n) is 6.69. The van der Waals surface area contributed by atoms with Crippen molar-refractivity contribution >= 4 is 33.4 Å². The topological polar surface area (TPSA) is 4.93 Å². The molecule has 0 fully saturated rings. The molecule has 3 aromatic carbocycles. The zero-order valence-electron chi connectivity index (χ0n) is 11.1. The van der Waals surface area contributed by atoms with Crippen molar-refractivity contribution in [3.63, 3.8) is 0 Å². The molecule has 4 aromatic rings. The van der Waals surface area contributed by atoms with Gasteiger partial charge in [0.05, 0.1) is 11.0 Å². The summed E-state index contributed by atoms with van der Waals surface area (Å²) in [5.41, 5.74) is 2.75. The second-order valence-corrected chi connectivity index (χ2v) is 5.40. The van der Waals surface area contributed by atoms with Gasteiger partial charge in [0.15, 0.2) is 0 Å². The summed E-state index contributed by atoms with van der Waals surface area (Å²) in [6.07, 6.45) is 0. The molecule has 3 heteroatoms. The Morgan fingerprint density at radius 1 is 0.810 bits per heavy atom. The number of benzene rings is 3. The molecule has 0 aliphatic rings. The fraction of sp³-hybridized carbons (Fsp3) is 0. The third kappa shape index (κ3) is 1.83. The fourth-order valence-corrected chi connectivity index (χ4v) is 3.02. The van der Waals surface area contributed by atoms with Crippen LogP contribution in [0.4, 0.5) is 4.39 Å². The van der Waals surface area contributed by atoms with E-state index in [4.69, 9.17) is 11.6 Å². The maximum Gasteiger partial charge on any atom is 0.133 e. The van der Waals surface area contributed by atoms with Crippen LogP contribution in [0.5, 0.6) is 0 Å². The number of aromatic nitrogens is 1. The van der Waals surface area contributed by atoms with Crippen molar-refractivity contribution in [1.82, 2.24) is 4.57 Å². The monoisotopic (exact) mass is 295 g/mol. The Kier molecular flexibility index (Phi) is 2.72. The van der Waals surface area contributed by atoms with E-state index in [9.17, 15) is 4.39 Å². The molecule has 1 aromatic heterocycles. The van der Waals surface area contributed by atoms with Crippen LogP contribution in [-0.4, -0.2) is 4.57 Å². The molecule has 1 nitrogen and oxygen atoms in total. The summed E-state index contributed by atoms with van der Waals surface area (Å²) in [5, 5.41) is 2.15. The van der Waals surface area contributed by atoms with Gasteiger partial charge < -0.3 is 4.57 Å². The highest BCUT2D eigenvalue weighted by atomic mass is 35.5. The van der Waals surface area contributed by atoms with Gasteiger partial charge in [0.2, 0.25) is 0 Å². The van der Waals surface area contributed by atoms with E-state index in [1.54, 1.807) is 12.1 Å². The number of hydrogen-bond donors (Lipinski definition) is 0. The lowest BCUT2D eigenvalue weighted by atomic mass is 10.1. The molecule has 0 unspecified atom stereocenters. The van der Waals surface area contributed by atoms with Crippen molar-refractivity contribution in [3.8, 4) is 5.69 Å². The van der Waals surface area contributed by atoms with Crippen molar-refractivity contribution in [3.05, 3.63) is 77.6 Å². The molecule has 0 saturated carbocycles. The minimum absolute atomic E-state index is 0.213. The highest BCUT2D eigenvalue weighted by Gasteiger charge is 2.15. The Morgan fingerprint density at radius 3 is 2.43 bits per heavy atom. The smallest absolute Gasteiger partial charge is 0.133 e. The summed E-state index contributed by atoms with van der Waals surface area (Å²) in [4.78, 5) is 0. The lowest BCUT2D eigenvalue weighted by molar-refractivity contribution is 0.640. The molecule has 0 spiro atoms. The number of fused-ring (bicyclic) bond motifs is 3. The number of rotatable bonds is 1. The molecule has 0 bridgehead atoms. The Labute approximate surface area is 126 Å². The van der Waals surface area contributed by atoms with Gasteiger partial charge in [-0.2, -0.15) is 0 Å². The van der Waals surface area contributed by atoms with Crippen LogP contribution < -0.4 is 0 Å². The van der Waals surface area contributed by atoms with Crippen molar-refractivity contribution in [2.75, 3.05) is 0 Å². The van der Waals surface area contributed by atoms with Gasteiger partial charge in [0.25, 0.3) is 0 Å². The third-order valence-electron chi connectivity index (χ3n) is 3.72. The molecular formula is C18H11ClFN. The highest BCUT2D eigenvalue weighted by molar-refractivity contribution is 6.31. The summed E-state index contributed by atoms with van der Waals surface area (Å²) in [6.45, 7) is 0. The molecule has 102 valence electrons. The van der Waals surface area contributed by atoms with Crippen LogP contribution in [0.15, 0.2) is 66.7 Å². The minimum Gasteiger partial charge on any atom is -0.309 e. The van der Waals surface area contributed by atoms with E-state index < -0.39 is 0 Å². The summed E-state index contributed by atoms with van der Waals surface area (Å²) < 4.78 is 16.3. The minimum atomic E-state index is -0.213. The SMILES string of the molecule is Fc1cccc2c1c1ccc(Cl)cc1n2-c1ccccc1. The quantitative estimate of drug-likeness (QED) is 0.432. The molecule has 0 saturated heterocycles. The van der Waals surface area contributed by atoms with Crippen LogP contribution in [0.2, 0.25) is 5.02 Å². The summed E-state index contributed by atoms with van der Waals surface area (Å²) >= 11 is 6.14. The van der Waals surface area contributed by atoms with Crippen molar-refractivity contribution in [2.45, 2.75) is 0 Å². The van der Waals surface area contributed by atoms with Gasteiger partial charge in [-0.25, -0.2) is 4.39 Å². The van der Waals surface area contributed by atoms with E-state index in [1.165, 1.54) is 6.07 Å². The average Bonchev–Trinajstić information content (AvgIpc) is 2.82. The Balaban J connectivity index is 2.26. The number of hydrogen-bond acceptors (Lipinski definition) is 0. The molecule has 0 radical (unpaired) electrons. The standard InChI is InChI=1S/C18H11ClFN/c19-12-9-10-14-17(11-12)21(13-5-2-1-3-6-13)16-8-4-7-15(20)18(14)16/h1-11H. The first-order valence-corrected chi connectivity index (χ1v) is 7.07. The second-order valence-electron chi connectivity index (χ2n) is 4.97. The van der Waals surface area contributed by atoms with E-state index in [2.05, 4.69) is 0 Å². The van der Waals surface area contributed by atoms with Crippen LogP contribution in [-0.2, 0) is 0 Å². The van der Waals surface area contributed by atoms with E-state index >= 15 is 0 Å². The van der Waals surface area contributed by atoms with Gasteiger partial charge in [0, 0.05) is 21.5 Å². The normalized spacial score (nSPS) is 11.3. The number of nitrogens with zero attached hydrogens (tertiary/aromatic N) is 1. The lowest BCUT2D eigenvalue weighted by Crippen LogP contribution is -1.93. The number of halogens is 2. The van der Waals surface area contributed by atoms with Crippen LogP contribution in [0.1, 0.15) is 0 Å². The van der Waals surface area contributed by atoms with Gasteiger partial charge in [-0.05, 0) is 36.4 Å². The van der Waals surface area contributed by atoms with E-state index in [1.807, 2.05) is 53.1 Å². The Morgan fingerprint density at radius 2 is 1.62 bits per heavy atom. The highest BCUT2D eigenvalue weighted by Crippen LogP contribution is 2.34. The molecule has 0 aliphatic carbocycles. The summed E-state index contributed by atoms with van der Waals surface area (Å²) in [6, 6.07) is 20.6. The third-order valence-corrected chi connectivity index (χ3v) is 3.95.